The summed E-state index contributed by atoms with van der Waals surface area (Å²) in [6.07, 6.45) is 0.866. The van der Waals surface area contributed by atoms with Gasteiger partial charge in [0.25, 0.3) is 0 Å². The van der Waals surface area contributed by atoms with Gasteiger partial charge in [-0.25, -0.2) is 4.68 Å². The standard InChI is InChI=1S/C12H14ClN5O/c1-12(4-5-19-7-12)18-11(15-16-17-18)9-6-8(14)2-3-10(9)13/h2-3,6H,4-5,7,14H2,1H3. The maximum atomic E-state index is 6.22. The Balaban J connectivity index is 2.12. The zero-order valence-electron chi connectivity index (χ0n) is 10.5. The number of hydrogen-bond donors (Lipinski definition) is 1. The van der Waals surface area contributed by atoms with Crippen LogP contribution in [0, 0.1) is 0 Å². The van der Waals surface area contributed by atoms with Crippen molar-refractivity contribution in [3.8, 4) is 11.4 Å². The summed E-state index contributed by atoms with van der Waals surface area (Å²) in [6.45, 7) is 3.37. The molecule has 7 heteroatoms. The number of tetrazole rings is 1. The molecule has 0 radical (unpaired) electrons. The smallest absolute Gasteiger partial charge is 0.184 e. The average Bonchev–Trinajstić information content (AvgIpc) is 3.01. The highest BCUT2D eigenvalue weighted by Crippen LogP contribution is 2.33. The van der Waals surface area contributed by atoms with Crippen LogP contribution < -0.4 is 5.73 Å². The molecule has 6 nitrogen and oxygen atoms in total. The SMILES string of the molecule is CC1(n2nnnc2-c2cc(N)ccc2Cl)CCOC1. The second kappa shape index (κ2) is 4.47. The summed E-state index contributed by atoms with van der Waals surface area (Å²) in [5, 5.41) is 12.5. The topological polar surface area (TPSA) is 78.9 Å². The minimum absolute atomic E-state index is 0.243. The number of nitrogens with two attached hydrogens (primary N) is 1. The van der Waals surface area contributed by atoms with Crippen LogP contribution in [0.3, 0.4) is 0 Å². The van der Waals surface area contributed by atoms with Gasteiger partial charge < -0.3 is 10.5 Å². The van der Waals surface area contributed by atoms with Crippen molar-refractivity contribution in [3.05, 3.63) is 23.2 Å². The lowest BCUT2D eigenvalue weighted by atomic mass is 10.0. The molecule has 1 aromatic carbocycles. The van der Waals surface area contributed by atoms with Crippen LogP contribution in [0.2, 0.25) is 5.02 Å². The molecule has 1 saturated heterocycles. The molecule has 100 valence electrons. The number of rotatable bonds is 2. The summed E-state index contributed by atoms with van der Waals surface area (Å²) in [7, 11) is 0. The number of hydrogen-bond acceptors (Lipinski definition) is 5. The highest BCUT2D eigenvalue weighted by molar-refractivity contribution is 6.33. The molecule has 2 aromatic rings. The van der Waals surface area contributed by atoms with Crippen molar-refractivity contribution in [2.75, 3.05) is 18.9 Å². The Bertz CT molecular complexity index is 606. The molecule has 0 spiro atoms. The third-order valence-electron chi connectivity index (χ3n) is 3.41. The van der Waals surface area contributed by atoms with E-state index in [-0.39, 0.29) is 5.54 Å². The lowest BCUT2D eigenvalue weighted by Crippen LogP contribution is -2.32. The number of halogens is 1. The Labute approximate surface area is 115 Å². The van der Waals surface area contributed by atoms with Crippen LogP contribution in [0.15, 0.2) is 18.2 Å². The zero-order valence-corrected chi connectivity index (χ0v) is 11.3. The van der Waals surface area contributed by atoms with E-state index in [1.54, 1.807) is 22.9 Å². The molecule has 1 aliphatic rings. The monoisotopic (exact) mass is 279 g/mol. The fourth-order valence-corrected chi connectivity index (χ4v) is 2.46. The first kappa shape index (κ1) is 12.4. The Kier molecular flexibility index (Phi) is 2.91. The summed E-state index contributed by atoms with van der Waals surface area (Å²) in [5.41, 5.74) is 6.93. The van der Waals surface area contributed by atoms with Crippen molar-refractivity contribution >= 4 is 17.3 Å². The molecule has 1 fully saturated rings. The maximum absolute atomic E-state index is 6.22. The first-order valence-electron chi connectivity index (χ1n) is 6.02. The Morgan fingerprint density at radius 3 is 3.05 bits per heavy atom. The lowest BCUT2D eigenvalue weighted by molar-refractivity contribution is 0.155. The predicted octanol–water partition coefficient (Wildman–Crippen LogP) is 1.71. The number of benzene rings is 1. The van der Waals surface area contributed by atoms with Gasteiger partial charge in [-0.2, -0.15) is 0 Å². The zero-order chi connectivity index (χ0) is 13.5. The first-order valence-corrected chi connectivity index (χ1v) is 6.40. The van der Waals surface area contributed by atoms with Crippen molar-refractivity contribution in [2.45, 2.75) is 18.9 Å². The highest BCUT2D eigenvalue weighted by Gasteiger charge is 2.35. The van der Waals surface area contributed by atoms with Gasteiger partial charge in [0.2, 0.25) is 0 Å². The summed E-state index contributed by atoms with van der Waals surface area (Å²) in [4.78, 5) is 0. The van der Waals surface area contributed by atoms with E-state index in [1.165, 1.54) is 0 Å². The molecule has 3 rings (SSSR count). The Morgan fingerprint density at radius 1 is 1.47 bits per heavy atom. The third-order valence-corrected chi connectivity index (χ3v) is 3.74. The van der Waals surface area contributed by atoms with Crippen LogP contribution in [0.4, 0.5) is 5.69 Å². The molecular formula is C12H14ClN5O. The van der Waals surface area contributed by atoms with E-state index in [4.69, 9.17) is 22.1 Å². The van der Waals surface area contributed by atoms with E-state index in [1.807, 2.05) is 0 Å². The van der Waals surface area contributed by atoms with Crippen LogP contribution in [0.1, 0.15) is 13.3 Å². The van der Waals surface area contributed by atoms with E-state index >= 15 is 0 Å². The molecule has 0 amide bonds. The summed E-state index contributed by atoms with van der Waals surface area (Å²) >= 11 is 6.22. The maximum Gasteiger partial charge on any atom is 0.184 e. The van der Waals surface area contributed by atoms with Crippen molar-refractivity contribution in [1.82, 2.24) is 20.2 Å². The van der Waals surface area contributed by atoms with Gasteiger partial charge in [-0.05, 0) is 42.0 Å². The molecule has 0 bridgehead atoms. The normalized spacial score (nSPS) is 22.8. The molecule has 0 saturated carbocycles. The lowest BCUT2D eigenvalue weighted by Gasteiger charge is -2.23. The van der Waals surface area contributed by atoms with Gasteiger partial charge in [-0.1, -0.05) is 11.6 Å². The molecular weight excluding hydrogens is 266 g/mol. The molecule has 2 heterocycles. The van der Waals surface area contributed by atoms with Crippen molar-refractivity contribution in [1.29, 1.82) is 0 Å². The highest BCUT2D eigenvalue weighted by atomic mass is 35.5. The van der Waals surface area contributed by atoms with Crippen LogP contribution >= 0.6 is 11.6 Å². The van der Waals surface area contributed by atoms with Crippen LogP contribution in [-0.2, 0) is 10.3 Å². The van der Waals surface area contributed by atoms with E-state index in [0.29, 0.717) is 29.7 Å². The van der Waals surface area contributed by atoms with Crippen molar-refractivity contribution < 1.29 is 4.74 Å². The van der Waals surface area contributed by atoms with E-state index < -0.39 is 0 Å². The molecule has 0 aliphatic carbocycles. The second-order valence-electron chi connectivity index (χ2n) is 4.95. The number of aromatic nitrogens is 4. The third kappa shape index (κ3) is 2.06. The minimum Gasteiger partial charge on any atom is -0.399 e. The van der Waals surface area contributed by atoms with Crippen molar-refractivity contribution in [3.63, 3.8) is 0 Å². The van der Waals surface area contributed by atoms with Gasteiger partial charge in [0.05, 0.1) is 17.2 Å². The molecule has 2 N–H and O–H groups in total. The van der Waals surface area contributed by atoms with E-state index in [9.17, 15) is 0 Å². The van der Waals surface area contributed by atoms with Gasteiger partial charge in [0, 0.05) is 17.9 Å². The first-order chi connectivity index (χ1) is 9.10. The quantitative estimate of drug-likeness (QED) is 0.847. The predicted molar refractivity (Wildman–Crippen MR) is 71.8 cm³/mol. The molecule has 1 atom stereocenters. The average molecular weight is 280 g/mol. The number of anilines is 1. The van der Waals surface area contributed by atoms with E-state index in [0.717, 1.165) is 12.0 Å². The fraction of sp³-hybridized carbons (Fsp3) is 0.417. The molecule has 1 aromatic heterocycles. The van der Waals surface area contributed by atoms with Crippen LogP contribution in [-0.4, -0.2) is 33.4 Å². The number of ether oxygens (including phenoxy) is 1. The molecule has 1 aliphatic heterocycles. The van der Waals surface area contributed by atoms with Gasteiger partial charge in [0.1, 0.15) is 0 Å². The van der Waals surface area contributed by atoms with Gasteiger partial charge in [0.15, 0.2) is 5.82 Å². The van der Waals surface area contributed by atoms with Gasteiger partial charge in [-0.15, -0.1) is 5.10 Å². The van der Waals surface area contributed by atoms with Crippen LogP contribution in [0.5, 0.6) is 0 Å². The van der Waals surface area contributed by atoms with Gasteiger partial charge >= 0.3 is 0 Å². The second-order valence-corrected chi connectivity index (χ2v) is 5.36. The Hall–Kier alpha value is -1.66. The fourth-order valence-electron chi connectivity index (χ4n) is 2.26. The molecule has 1 unspecified atom stereocenters. The summed E-state index contributed by atoms with van der Waals surface area (Å²) in [6, 6.07) is 5.28. The van der Waals surface area contributed by atoms with E-state index in [2.05, 4.69) is 22.4 Å². The molecule has 19 heavy (non-hydrogen) atoms. The summed E-state index contributed by atoms with van der Waals surface area (Å²) in [5.74, 6) is 0.616. The van der Waals surface area contributed by atoms with Crippen LogP contribution in [0.25, 0.3) is 11.4 Å². The number of nitrogen functional groups attached to an aromatic ring is 1. The minimum atomic E-state index is -0.243. The van der Waals surface area contributed by atoms with Crippen molar-refractivity contribution in [2.24, 2.45) is 0 Å². The summed E-state index contributed by atoms with van der Waals surface area (Å²) < 4.78 is 7.23. The van der Waals surface area contributed by atoms with Gasteiger partial charge in [-0.3, -0.25) is 0 Å². The number of nitrogens with zero attached hydrogens (tertiary/aromatic N) is 4. The largest absolute Gasteiger partial charge is 0.399 e. The Morgan fingerprint density at radius 2 is 2.32 bits per heavy atom.